The zero-order chi connectivity index (χ0) is 5.54. The Morgan fingerprint density at radius 1 is 1.67 bits per heavy atom. The molecule has 0 bridgehead atoms. The van der Waals surface area contributed by atoms with Gasteiger partial charge in [0.05, 0.1) is 13.2 Å². The molecule has 0 aliphatic carbocycles. The van der Waals surface area contributed by atoms with Crippen molar-refractivity contribution in [1.82, 2.24) is 0 Å². The quantitative estimate of drug-likeness (QED) is 0.159. The third kappa shape index (κ3) is 17.7. The molecule has 1 nitrogen and oxygen atoms in total. The van der Waals surface area contributed by atoms with E-state index in [0.717, 1.165) is 0 Å². The number of halogens is 1. The van der Waals surface area contributed by atoms with Crippen LogP contribution in [0.5, 0.6) is 0 Å². The maximum absolute atomic E-state index is 6.37. The van der Waals surface area contributed by atoms with E-state index in [1.165, 1.54) is 0 Å². The smallest absolute Gasteiger partial charge is 1.00 e. The zero-order valence-electron chi connectivity index (χ0n) is 5.19. The molecular formula is C6H7BrMgO. The van der Waals surface area contributed by atoms with Crippen LogP contribution in [-0.2, 0) is 4.74 Å². The van der Waals surface area contributed by atoms with E-state index in [0.29, 0.717) is 6.61 Å². The number of ether oxygens (including phenoxy) is 1. The van der Waals surface area contributed by atoms with Gasteiger partial charge < -0.3 is 34.1 Å². The summed E-state index contributed by atoms with van der Waals surface area (Å²) in [7, 11) is 0. The molecule has 0 heterocycles. The molecule has 0 saturated carbocycles. The van der Waals surface area contributed by atoms with E-state index in [9.17, 15) is 0 Å². The average molecular weight is 199 g/mol. The van der Waals surface area contributed by atoms with Gasteiger partial charge in [0.25, 0.3) is 0 Å². The van der Waals surface area contributed by atoms with E-state index in [1.54, 1.807) is 6.08 Å². The summed E-state index contributed by atoms with van der Waals surface area (Å²) in [6.45, 7) is 4.19. The average Bonchev–Trinajstić information content (AvgIpc) is 1.69. The van der Waals surface area contributed by atoms with Crippen LogP contribution in [0.4, 0.5) is 0 Å². The number of hydrogen-bond acceptors (Lipinski definition) is 1. The Kier molecular flexibility index (Phi) is 28.5. The number of rotatable bonds is 3. The molecule has 0 spiro atoms. The first-order chi connectivity index (χ1) is 3.41. The van der Waals surface area contributed by atoms with Gasteiger partial charge in [0.2, 0.25) is 0 Å². The molecule has 0 radical (unpaired) electrons. The van der Waals surface area contributed by atoms with Gasteiger partial charge in [0.1, 0.15) is 0 Å². The van der Waals surface area contributed by atoms with Gasteiger partial charge in [0, 0.05) is 0 Å². The fourth-order valence-electron chi connectivity index (χ4n) is 0.193. The van der Waals surface area contributed by atoms with E-state index >= 15 is 0 Å². The van der Waals surface area contributed by atoms with Crippen molar-refractivity contribution in [3.63, 3.8) is 0 Å². The fraction of sp³-hybridized carbons (Fsp3) is 0.333. The van der Waals surface area contributed by atoms with Crippen molar-refractivity contribution in [2.45, 2.75) is 0 Å². The summed E-state index contributed by atoms with van der Waals surface area (Å²) < 4.78 is 4.72. The molecule has 9 heavy (non-hydrogen) atoms. The molecule has 0 aromatic carbocycles. The Labute approximate surface area is 82.8 Å². The Morgan fingerprint density at radius 2 is 2.22 bits per heavy atom. The maximum Gasteiger partial charge on any atom is 2.00 e. The van der Waals surface area contributed by atoms with E-state index < -0.39 is 0 Å². The van der Waals surface area contributed by atoms with Crippen LogP contribution < -0.4 is 17.0 Å². The first-order valence-corrected chi connectivity index (χ1v) is 2.00. The zero-order valence-corrected chi connectivity index (χ0v) is 8.19. The second-order valence-corrected chi connectivity index (χ2v) is 0.981. The topological polar surface area (TPSA) is 9.23 Å². The Balaban J connectivity index is -0.000000180. The largest absolute Gasteiger partial charge is 2.00 e. The molecule has 0 aliphatic rings. The molecule has 0 aromatic heterocycles. The second-order valence-electron chi connectivity index (χ2n) is 0.981. The van der Waals surface area contributed by atoms with Crippen molar-refractivity contribution in [3.05, 3.63) is 19.1 Å². The van der Waals surface area contributed by atoms with Crippen molar-refractivity contribution in [2.75, 3.05) is 13.2 Å². The van der Waals surface area contributed by atoms with Crippen LogP contribution in [0.15, 0.2) is 12.7 Å². The molecule has 0 rings (SSSR count). The summed E-state index contributed by atoms with van der Waals surface area (Å²) >= 11 is 0. The van der Waals surface area contributed by atoms with E-state index in [-0.39, 0.29) is 46.6 Å². The van der Waals surface area contributed by atoms with Crippen LogP contribution in [0.3, 0.4) is 0 Å². The van der Waals surface area contributed by atoms with Crippen LogP contribution >= 0.6 is 0 Å². The van der Waals surface area contributed by atoms with Gasteiger partial charge in [-0.3, -0.25) is 0 Å². The van der Waals surface area contributed by atoms with E-state index in [1.807, 2.05) is 0 Å². The normalized spacial score (nSPS) is 5.67. The molecule has 0 aromatic rings. The van der Waals surface area contributed by atoms with Gasteiger partial charge in [-0.15, -0.1) is 6.58 Å². The summed E-state index contributed by atoms with van der Waals surface area (Å²) in [6.07, 6.45) is 8.01. The summed E-state index contributed by atoms with van der Waals surface area (Å²) in [4.78, 5) is 0. The minimum Gasteiger partial charge on any atom is -1.00 e. The molecule has 3 heteroatoms. The Bertz CT molecular complexity index is 87.5. The third-order valence-electron chi connectivity index (χ3n) is 0.410. The predicted molar refractivity (Wildman–Crippen MR) is 33.9 cm³/mol. The van der Waals surface area contributed by atoms with E-state index in [2.05, 4.69) is 12.5 Å². The molecule has 0 atom stereocenters. The van der Waals surface area contributed by atoms with Crippen molar-refractivity contribution < 1.29 is 21.7 Å². The van der Waals surface area contributed by atoms with Crippen molar-refractivity contribution >= 4 is 23.1 Å². The van der Waals surface area contributed by atoms with Crippen molar-refractivity contribution in [1.29, 1.82) is 0 Å². The van der Waals surface area contributed by atoms with Crippen LogP contribution in [-0.4, -0.2) is 36.3 Å². The maximum atomic E-state index is 6.37. The Hall–Kier alpha value is 0.506. The van der Waals surface area contributed by atoms with Gasteiger partial charge in [-0.2, -0.15) is 0 Å². The second kappa shape index (κ2) is 15.8. The Morgan fingerprint density at radius 3 is 2.56 bits per heavy atom. The molecule has 0 saturated heterocycles. The minimum atomic E-state index is 0. The van der Waals surface area contributed by atoms with Crippen molar-refractivity contribution in [3.8, 4) is 5.92 Å². The molecule has 0 aliphatic heterocycles. The molecule has 0 amide bonds. The number of hydrogen-bond donors (Lipinski definition) is 0. The van der Waals surface area contributed by atoms with Crippen LogP contribution in [0.1, 0.15) is 0 Å². The van der Waals surface area contributed by atoms with Gasteiger partial charge in [-0.25, -0.2) is 0 Å². The molecule has 46 valence electrons. The summed E-state index contributed by atoms with van der Waals surface area (Å²) in [5.74, 6) is 2.08. The van der Waals surface area contributed by atoms with E-state index in [4.69, 9.17) is 11.2 Å². The molecule has 0 fully saturated rings. The van der Waals surface area contributed by atoms with Gasteiger partial charge in [0.15, 0.2) is 0 Å². The van der Waals surface area contributed by atoms with Gasteiger partial charge in [-0.1, -0.05) is 6.08 Å². The minimum absolute atomic E-state index is 0. The SMILES string of the molecule is [Br-].[C-]#CCOCC=C.[Mg+2]. The first kappa shape index (κ1) is 16.2. The van der Waals surface area contributed by atoms with Gasteiger partial charge in [-0.05, 0) is 0 Å². The molecule has 0 N–H and O–H groups in total. The van der Waals surface area contributed by atoms with Crippen LogP contribution in [0.2, 0.25) is 0 Å². The molecule has 0 unspecified atom stereocenters. The monoisotopic (exact) mass is 198 g/mol. The predicted octanol–water partition coefficient (Wildman–Crippen LogP) is -2.60. The summed E-state index contributed by atoms with van der Waals surface area (Å²) in [6, 6.07) is 0. The summed E-state index contributed by atoms with van der Waals surface area (Å²) in [5, 5.41) is 0. The van der Waals surface area contributed by atoms with Gasteiger partial charge >= 0.3 is 23.1 Å². The van der Waals surface area contributed by atoms with Crippen molar-refractivity contribution in [2.24, 2.45) is 0 Å². The third-order valence-corrected chi connectivity index (χ3v) is 0.410. The fourth-order valence-corrected chi connectivity index (χ4v) is 0.193. The molecular weight excluding hydrogens is 192 g/mol. The van der Waals surface area contributed by atoms with Crippen LogP contribution in [0.25, 0.3) is 0 Å². The van der Waals surface area contributed by atoms with Crippen LogP contribution in [0, 0.1) is 12.3 Å². The first-order valence-electron chi connectivity index (χ1n) is 2.00. The summed E-state index contributed by atoms with van der Waals surface area (Å²) in [5.41, 5.74) is 0. The standard InChI is InChI=1S/C6H7O.BrH.Mg/c1-3-5-7-6-4-2;;/h3H,1,5-6H2;1H;/q-1;;+2/p-1.